The van der Waals surface area contributed by atoms with Crippen molar-refractivity contribution in [2.75, 3.05) is 24.7 Å². The maximum absolute atomic E-state index is 13.0. The third-order valence-electron chi connectivity index (χ3n) is 4.79. The number of hydrogen-bond acceptors (Lipinski definition) is 15. The van der Waals surface area contributed by atoms with Gasteiger partial charge in [0, 0.05) is 23.6 Å². The Bertz CT molecular complexity index is 1170. The van der Waals surface area contributed by atoms with E-state index in [0.717, 1.165) is 28.0 Å². The molecule has 0 radical (unpaired) electrons. The van der Waals surface area contributed by atoms with Gasteiger partial charge in [-0.15, -0.1) is 23.1 Å². The van der Waals surface area contributed by atoms with Gasteiger partial charge in [-0.25, -0.2) is 19.4 Å². The molecule has 200 valence electrons. The summed E-state index contributed by atoms with van der Waals surface area (Å²) in [6.45, 7) is 2.43. The predicted octanol–water partition coefficient (Wildman–Crippen LogP) is -0.285. The average molecular weight is 559 g/mol. The van der Waals surface area contributed by atoms with Crippen molar-refractivity contribution in [1.82, 2.24) is 15.2 Å². The summed E-state index contributed by atoms with van der Waals surface area (Å²) >= 11 is 2.17. The van der Waals surface area contributed by atoms with E-state index in [1.54, 1.807) is 6.92 Å². The van der Waals surface area contributed by atoms with Crippen LogP contribution in [0.1, 0.15) is 19.5 Å². The SMILES string of the molecule is CCOC(=O)OC(C)OC(=O)C1=C(COC(N)=O)CS[C@@H]2C(NC(=O)C(=NO)c3csc(N)n3)C(=O)N12. The number of ether oxygens (including phenoxy) is 4. The third-order valence-corrected chi connectivity index (χ3v) is 6.81. The number of oxime groups is 1. The molecular formula is C19H22N6O10S2. The van der Waals surface area contributed by atoms with E-state index in [9.17, 15) is 29.2 Å². The van der Waals surface area contributed by atoms with E-state index in [1.807, 2.05) is 0 Å². The fourth-order valence-corrected chi connectivity index (χ4v) is 5.15. The molecule has 2 aliphatic rings. The smallest absolute Gasteiger partial charge is 0.445 e. The lowest BCUT2D eigenvalue weighted by Gasteiger charge is -2.49. The van der Waals surface area contributed by atoms with Gasteiger partial charge in [-0.1, -0.05) is 5.16 Å². The van der Waals surface area contributed by atoms with Crippen molar-refractivity contribution in [2.24, 2.45) is 10.9 Å². The second-order valence-electron chi connectivity index (χ2n) is 7.21. The number of β-lactam (4-membered cyclic amide) rings is 1. The fraction of sp³-hybridized carbons (Fsp3) is 0.421. The molecule has 3 rings (SSSR count). The number of rotatable bonds is 9. The first-order valence-electron chi connectivity index (χ1n) is 10.4. The van der Waals surface area contributed by atoms with Gasteiger partial charge in [-0.2, -0.15) is 0 Å². The Morgan fingerprint density at radius 1 is 1.32 bits per heavy atom. The third kappa shape index (κ3) is 6.20. The van der Waals surface area contributed by atoms with E-state index in [1.165, 1.54) is 12.3 Å². The molecule has 0 bridgehead atoms. The van der Waals surface area contributed by atoms with Gasteiger partial charge in [-0.3, -0.25) is 14.5 Å². The topological polar surface area (TPSA) is 235 Å². The molecule has 18 heteroatoms. The molecule has 2 unspecified atom stereocenters. The van der Waals surface area contributed by atoms with Gasteiger partial charge >= 0.3 is 18.2 Å². The molecule has 6 N–H and O–H groups in total. The van der Waals surface area contributed by atoms with Crippen LogP contribution in [0.4, 0.5) is 14.7 Å². The van der Waals surface area contributed by atoms with Crippen LogP contribution in [0.3, 0.4) is 0 Å². The van der Waals surface area contributed by atoms with Crippen molar-refractivity contribution in [2.45, 2.75) is 31.6 Å². The molecular weight excluding hydrogens is 536 g/mol. The Balaban J connectivity index is 1.77. The number of hydrogen-bond donors (Lipinski definition) is 4. The van der Waals surface area contributed by atoms with Gasteiger partial charge in [-0.05, 0) is 6.92 Å². The number of amides is 3. The van der Waals surface area contributed by atoms with Crippen LogP contribution < -0.4 is 16.8 Å². The van der Waals surface area contributed by atoms with Crippen LogP contribution >= 0.6 is 23.1 Å². The summed E-state index contributed by atoms with van der Waals surface area (Å²) in [6.07, 6.45) is -3.56. The van der Waals surface area contributed by atoms with Crippen LogP contribution in [0.15, 0.2) is 21.8 Å². The Morgan fingerprint density at radius 2 is 2.05 bits per heavy atom. The number of nitrogens with two attached hydrogens (primary N) is 2. The number of fused-ring (bicyclic) bond motifs is 1. The van der Waals surface area contributed by atoms with E-state index in [2.05, 4.69) is 20.2 Å². The minimum atomic E-state index is -1.38. The number of anilines is 1. The van der Waals surface area contributed by atoms with Crippen molar-refractivity contribution >= 4 is 64.0 Å². The Hall–Kier alpha value is -4.06. The lowest BCUT2D eigenvalue weighted by atomic mass is 10.0. The van der Waals surface area contributed by atoms with Gasteiger partial charge < -0.3 is 40.9 Å². The number of carbonyl (C=O) groups is 5. The molecule has 0 aliphatic carbocycles. The first kappa shape index (κ1) is 27.5. The first-order chi connectivity index (χ1) is 17.6. The number of nitrogens with one attached hydrogen (secondary N) is 1. The van der Waals surface area contributed by atoms with Crippen molar-refractivity contribution in [3.8, 4) is 0 Å². The number of nitrogen functional groups attached to an aromatic ring is 1. The van der Waals surface area contributed by atoms with Crippen LogP contribution in [-0.2, 0) is 33.3 Å². The van der Waals surface area contributed by atoms with Crippen LogP contribution in [0, 0.1) is 0 Å². The van der Waals surface area contributed by atoms with Crippen molar-refractivity contribution < 1.29 is 48.1 Å². The van der Waals surface area contributed by atoms with Crippen LogP contribution in [-0.4, -0.2) is 87.5 Å². The maximum atomic E-state index is 13.0. The Morgan fingerprint density at radius 3 is 2.65 bits per heavy atom. The van der Waals surface area contributed by atoms with Crippen LogP contribution in [0.5, 0.6) is 0 Å². The maximum Gasteiger partial charge on any atom is 0.511 e. The fourth-order valence-electron chi connectivity index (χ4n) is 3.28. The van der Waals surface area contributed by atoms with Gasteiger partial charge in [0.05, 0.1) is 6.61 Å². The summed E-state index contributed by atoms with van der Waals surface area (Å²) in [6, 6.07) is -1.11. The Kier molecular flexibility index (Phi) is 8.77. The molecule has 3 heterocycles. The van der Waals surface area contributed by atoms with E-state index in [0.29, 0.717) is 0 Å². The van der Waals surface area contributed by atoms with Crippen molar-refractivity contribution in [1.29, 1.82) is 0 Å². The summed E-state index contributed by atoms with van der Waals surface area (Å²) in [5.74, 6) is -2.57. The summed E-state index contributed by atoms with van der Waals surface area (Å²) in [4.78, 5) is 66.2. The highest BCUT2D eigenvalue weighted by atomic mass is 32.2. The minimum Gasteiger partial charge on any atom is -0.445 e. The number of primary amides is 1. The van der Waals surface area contributed by atoms with Gasteiger partial charge in [0.1, 0.15) is 29.4 Å². The van der Waals surface area contributed by atoms with Gasteiger partial charge in [0.2, 0.25) is 6.29 Å². The normalized spacial score (nSPS) is 19.8. The summed E-state index contributed by atoms with van der Waals surface area (Å²) in [5.41, 5.74) is 10.0. The Labute approximate surface area is 216 Å². The van der Waals surface area contributed by atoms with Crippen molar-refractivity contribution in [3.63, 3.8) is 0 Å². The molecule has 16 nitrogen and oxygen atoms in total. The zero-order chi connectivity index (χ0) is 27.3. The van der Waals surface area contributed by atoms with Gasteiger partial charge in [0.25, 0.3) is 11.8 Å². The molecule has 1 fully saturated rings. The van der Waals surface area contributed by atoms with Crippen LogP contribution in [0.25, 0.3) is 0 Å². The molecule has 1 saturated heterocycles. The zero-order valence-corrected chi connectivity index (χ0v) is 21.0. The highest BCUT2D eigenvalue weighted by Gasteiger charge is 2.55. The van der Waals surface area contributed by atoms with Crippen LogP contribution in [0.2, 0.25) is 0 Å². The molecule has 3 atom stereocenters. The summed E-state index contributed by atoms with van der Waals surface area (Å²) in [7, 11) is 0. The second kappa shape index (κ2) is 11.8. The number of aromatic nitrogens is 1. The standard InChI is InChI=1S/C19H22N6O10S2/c1-3-32-19(30)35-7(2)34-16(28)12-8(4-33-18(21)29)5-36-15-11(14(27)25(12)15)23-13(26)10(24-31)9-6-37-17(20)22-9/h6-7,11,15,31H,3-5H2,1-2H3,(H2,20,22)(H2,21,29)(H,23,26)/t7?,11?,15-/m1/s1. The van der Waals surface area contributed by atoms with Gasteiger partial charge in [0.15, 0.2) is 10.8 Å². The lowest BCUT2D eigenvalue weighted by molar-refractivity contribution is -0.169. The molecule has 0 saturated carbocycles. The highest BCUT2D eigenvalue weighted by Crippen LogP contribution is 2.41. The number of carbonyl (C=O) groups excluding carboxylic acids is 5. The minimum absolute atomic E-state index is 0.00747. The number of thioether (sulfide) groups is 1. The van der Waals surface area contributed by atoms with Crippen molar-refractivity contribution in [3.05, 3.63) is 22.3 Å². The number of thiazole rings is 1. The molecule has 1 aromatic rings. The molecule has 0 aromatic carbocycles. The first-order valence-corrected chi connectivity index (χ1v) is 12.4. The molecule has 1 aromatic heterocycles. The molecule has 2 aliphatic heterocycles. The van der Waals surface area contributed by atoms with E-state index < -0.39 is 60.1 Å². The molecule has 0 spiro atoms. The largest absolute Gasteiger partial charge is 0.511 e. The molecule has 3 amide bonds. The summed E-state index contributed by atoms with van der Waals surface area (Å²) in [5, 5.41) is 15.4. The quantitative estimate of drug-likeness (QED) is 0.0581. The average Bonchev–Trinajstić information content (AvgIpc) is 3.26. The number of nitrogens with zero attached hydrogens (tertiary/aromatic N) is 3. The van der Waals surface area contributed by atoms with E-state index >= 15 is 0 Å². The van der Waals surface area contributed by atoms with E-state index in [-0.39, 0.29) is 34.5 Å². The second-order valence-corrected chi connectivity index (χ2v) is 9.21. The highest BCUT2D eigenvalue weighted by molar-refractivity contribution is 8.00. The lowest BCUT2D eigenvalue weighted by Crippen LogP contribution is -2.71. The predicted molar refractivity (Wildman–Crippen MR) is 126 cm³/mol. The number of esters is 1. The zero-order valence-electron chi connectivity index (χ0n) is 19.4. The monoisotopic (exact) mass is 558 g/mol. The molecule has 37 heavy (non-hydrogen) atoms. The van der Waals surface area contributed by atoms with E-state index in [4.69, 9.17) is 25.7 Å². The summed E-state index contributed by atoms with van der Waals surface area (Å²) < 4.78 is 19.3.